The SMILES string of the molecule is CC(=O)c1cccc(-c2cc(CN(C)C(=O)O)cn2S(=O)(=O)c2cccnc2)c1F. The lowest BCUT2D eigenvalue weighted by Gasteiger charge is -2.12. The largest absolute Gasteiger partial charge is 0.465 e. The first-order chi connectivity index (χ1) is 14.1. The Hall–Kier alpha value is -3.53. The summed E-state index contributed by atoms with van der Waals surface area (Å²) in [6, 6.07) is 8.30. The smallest absolute Gasteiger partial charge is 0.407 e. The van der Waals surface area contributed by atoms with Gasteiger partial charge in [-0.25, -0.2) is 21.6 Å². The van der Waals surface area contributed by atoms with E-state index in [1.165, 1.54) is 62.8 Å². The molecule has 0 unspecified atom stereocenters. The number of amides is 1. The average molecular weight is 431 g/mol. The maximum absolute atomic E-state index is 15.0. The molecular weight excluding hydrogens is 413 g/mol. The molecule has 0 saturated carbocycles. The van der Waals surface area contributed by atoms with E-state index in [9.17, 15) is 18.0 Å². The summed E-state index contributed by atoms with van der Waals surface area (Å²) in [5.41, 5.74) is 0.0193. The number of hydrogen-bond acceptors (Lipinski definition) is 5. The predicted molar refractivity (Wildman–Crippen MR) is 106 cm³/mol. The number of carbonyl (C=O) groups is 2. The van der Waals surface area contributed by atoms with Crippen LogP contribution in [0.1, 0.15) is 22.8 Å². The molecule has 0 aliphatic rings. The molecule has 0 aliphatic carbocycles. The van der Waals surface area contributed by atoms with Crippen LogP contribution in [-0.4, -0.2) is 46.3 Å². The number of rotatable bonds is 6. The van der Waals surface area contributed by atoms with E-state index in [1.807, 2.05) is 0 Å². The van der Waals surface area contributed by atoms with Gasteiger partial charge in [-0.2, -0.15) is 0 Å². The Morgan fingerprint density at radius 1 is 1.23 bits per heavy atom. The zero-order valence-corrected chi connectivity index (χ0v) is 16.9. The van der Waals surface area contributed by atoms with Crippen molar-refractivity contribution in [1.29, 1.82) is 0 Å². The molecular formula is C20H18FN3O5S. The minimum atomic E-state index is -4.17. The van der Waals surface area contributed by atoms with Gasteiger partial charge in [0.1, 0.15) is 10.7 Å². The summed E-state index contributed by atoms with van der Waals surface area (Å²) in [6.07, 6.45) is 2.60. The second kappa shape index (κ2) is 8.07. The molecule has 1 N–H and O–H groups in total. The Kier molecular flexibility index (Phi) is 5.70. The number of Topliss-reactive ketones (excluding diaryl/α,β-unsaturated/α-hetero) is 1. The molecule has 2 heterocycles. The van der Waals surface area contributed by atoms with Gasteiger partial charge >= 0.3 is 6.09 Å². The lowest BCUT2D eigenvalue weighted by Crippen LogP contribution is -2.23. The number of carbonyl (C=O) groups excluding carboxylic acids is 1. The van der Waals surface area contributed by atoms with Crippen molar-refractivity contribution >= 4 is 21.9 Å². The molecule has 2 aromatic heterocycles. The molecule has 0 radical (unpaired) electrons. The van der Waals surface area contributed by atoms with E-state index in [0.717, 1.165) is 15.1 Å². The Morgan fingerprint density at radius 3 is 2.57 bits per heavy atom. The minimum Gasteiger partial charge on any atom is -0.465 e. The van der Waals surface area contributed by atoms with Gasteiger partial charge in [0.25, 0.3) is 10.0 Å². The van der Waals surface area contributed by atoms with Crippen molar-refractivity contribution in [3.05, 3.63) is 71.9 Å². The molecule has 8 nitrogen and oxygen atoms in total. The minimum absolute atomic E-state index is 0.0340. The molecule has 156 valence electrons. The number of carboxylic acid groups (broad SMARTS) is 1. The number of hydrogen-bond donors (Lipinski definition) is 1. The van der Waals surface area contributed by atoms with Crippen molar-refractivity contribution in [2.24, 2.45) is 0 Å². The third-order valence-corrected chi connectivity index (χ3v) is 6.09. The summed E-state index contributed by atoms with van der Waals surface area (Å²) >= 11 is 0. The standard InChI is InChI=1S/C20H18FN3O5S/c1-13(25)16-6-3-7-17(19(16)21)18-9-14(11-23(2)20(26)27)12-24(18)30(28,29)15-5-4-8-22-10-15/h3-10,12H,11H2,1-2H3,(H,26,27). The van der Waals surface area contributed by atoms with Crippen LogP contribution in [0, 0.1) is 5.82 Å². The predicted octanol–water partition coefficient (Wildman–Crippen LogP) is 3.24. The Labute approximate surface area is 172 Å². The number of ketones is 1. The van der Waals surface area contributed by atoms with Gasteiger partial charge in [-0.05, 0) is 42.8 Å². The number of pyridine rings is 1. The van der Waals surface area contributed by atoms with Gasteiger partial charge in [0, 0.05) is 31.2 Å². The van der Waals surface area contributed by atoms with E-state index >= 15 is 4.39 Å². The van der Waals surface area contributed by atoms with Gasteiger partial charge in [-0.1, -0.05) is 6.07 Å². The fourth-order valence-corrected chi connectivity index (χ4v) is 4.29. The first-order valence-electron chi connectivity index (χ1n) is 8.73. The molecule has 0 atom stereocenters. The third kappa shape index (κ3) is 3.94. The fraction of sp³-hybridized carbons (Fsp3) is 0.150. The van der Waals surface area contributed by atoms with Crippen LogP contribution in [-0.2, 0) is 16.6 Å². The second-order valence-corrected chi connectivity index (χ2v) is 8.40. The Morgan fingerprint density at radius 2 is 1.97 bits per heavy atom. The molecule has 1 aromatic carbocycles. The zero-order chi connectivity index (χ0) is 22.1. The zero-order valence-electron chi connectivity index (χ0n) is 16.1. The van der Waals surface area contributed by atoms with Crippen molar-refractivity contribution in [2.75, 3.05) is 7.05 Å². The molecule has 0 bridgehead atoms. The summed E-state index contributed by atoms with van der Waals surface area (Å²) in [5, 5.41) is 9.11. The molecule has 3 aromatic rings. The highest BCUT2D eigenvalue weighted by molar-refractivity contribution is 7.90. The van der Waals surface area contributed by atoms with Crippen molar-refractivity contribution in [3.63, 3.8) is 0 Å². The third-order valence-electron chi connectivity index (χ3n) is 4.43. The molecule has 0 aliphatic heterocycles. The number of aromatic nitrogens is 2. The van der Waals surface area contributed by atoms with Gasteiger partial charge in [0.15, 0.2) is 5.78 Å². The quantitative estimate of drug-likeness (QED) is 0.600. The van der Waals surface area contributed by atoms with Crippen LogP contribution in [0.3, 0.4) is 0 Å². The summed E-state index contributed by atoms with van der Waals surface area (Å²) < 4.78 is 42.3. The maximum Gasteiger partial charge on any atom is 0.407 e. The van der Waals surface area contributed by atoms with Gasteiger partial charge in [-0.3, -0.25) is 9.78 Å². The molecule has 0 saturated heterocycles. The van der Waals surface area contributed by atoms with Crippen LogP contribution in [0.2, 0.25) is 0 Å². The second-order valence-electron chi connectivity index (χ2n) is 6.59. The van der Waals surface area contributed by atoms with Crippen molar-refractivity contribution < 1.29 is 27.5 Å². The monoisotopic (exact) mass is 431 g/mol. The average Bonchev–Trinajstić information content (AvgIpc) is 3.12. The Balaban J connectivity index is 2.24. The number of nitrogens with zero attached hydrogens (tertiary/aromatic N) is 3. The van der Waals surface area contributed by atoms with Gasteiger partial charge in [0.05, 0.1) is 17.8 Å². The first kappa shape index (κ1) is 21.2. The maximum atomic E-state index is 15.0. The fourth-order valence-electron chi connectivity index (χ4n) is 2.93. The first-order valence-corrected chi connectivity index (χ1v) is 10.2. The van der Waals surface area contributed by atoms with Crippen LogP contribution < -0.4 is 0 Å². The van der Waals surface area contributed by atoms with Crippen LogP contribution in [0.25, 0.3) is 11.3 Å². The van der Waals surface area contributed by atoms with Gasteiger partial charge < -0.3 is 10.0 Å². The van der Waals surface area contributed by atoms with Crippen molar-refractivity contribution in [1.82, 2.24) is 13.9 Å². The molecule has 30 heavy (non-hydrogen) atoms. The molecule has 10 heteroatoms. The highest BCUT2D eigenvalue weighted by atomic mass is 32.2. The van der Waals surface area contributed by atoms with Crippen LogP contribution in [0.5, 0.6) is 0 Å². The van der Waals surface area contributed by atoms with E-state index in [0.29, 0.717) is 5.56 Å². The summed E-state index contributed by atoms with van der Waals surface area (Å²) in [5.74, 6) is -1.36. The lowest BCUT2D eigenvalue weighted by molar-refractivity contribution is 0.101. The summed E-state index contributed by atoms with van der Waals surface area (Å²) in [7, 11) is -2.84. The van der Waals surface area contributed by atoms with E-state index in [1.54, 1.807) is 0 Å². The molecule has 0 fully saturated rings. The van der Waals surface area contributed by atoms with Crippen LogP contribution >= 0.6 is 0 Å². The van der Waals surface area contributed by atoms with E-state index in [-0.39, 0.29) is 28.3 Å². The van der Waals surface area contributed by atoms with Crippen molar-refractivity contribution in [2.45, 2.75) is 18.4 Å². The topological polar surface area (TPSA) is 110 Å². The normalized spacial score (nSPS) is 11.3. The van der Waals surface area contributed by atoms with Crippen LogP contribution in [0.4, 0.5) is 9.18 Å². The highest BCUT2D eigenvalue weighted by Crippen LogP contribution is 2.30. The highest BCUT2D eigenvalue weighted by Gasteiger charge is 2.25. The van der Waals surface area contributed by atoms with E-state index in [4.69, 9.17) is 5.11 Å². The summed E-state index contributed by atoms with van der Waals surface area (Å²) in [4.78, 5) is 27.5. The van der Waals surface area contributed by atoms with Gasteiger partial charge in [-0.15, -0.1) is 0 Å². The lowest BCUT2D eigenvalue weighted by atomic mass is 10.0. The molecule has 0 spiro atoms. The van der Waals surface area contributed by atoms with Gasteiger partial charge in [0.2, 0.25) is 0 Å². The summed E-state index contributed by atoms with van der Waals surface area (Å²) in [6.45, 7) is 1.09. The Bertz CT molecular complexity index is 1220. The van der Waals surface area contributed by atoms with E-state index < -0.39 is 27.7 Å². The molecule has 1 amide bonds. The molecule has 3 rings (SSSR count). The van der Waals surface area contributed by atoms with Crippen LogP contribution in [0.15, 0.2) is 59.9 Å². The van der Waals surface area contributed by atoms with Crippen molar-refractivity contribution in [3.8, 4) is 11.3 Å². The number of halogens is 1. The van der Waals surface area contributed by atoms with E-state index in [2.05, 4.69) is 4.98 Å². The number of benzene rings is 1.